The Kier molecular flexibility index (Phi) is 9.22. The van der Waals surface area contributed by atoms with Crippen molar-refractivity contribution >= 4 is 20.1 Å². The van der Waals surface area contributed by atoms with Crippen molar-refractivity contribution in [2.75, 3.05) is 6.61 Å². The number of H-pyrrole nitrogens is 1. The molecule has 4 rings (SSSR count). The standard InChI is InChI=1S/C25H29FN3O11P/c1-13(21(32)37-14(2)22(33)38-15-8-9-15)28-41(35)40-17-7-5-4-6-16(17)36-12-18-20(31)25(3,26)23(39-18)29-11-10-19(30)27-24(29)34/h4-7,10-11,13-15,18,20,23,31H,8-9,12H2,1-3H3,(H,27,30,34)/t13-,14-,18+,20+,23+,25+/m0/s1. The Morgan fingerprint density at radius 2 is 1.93 bits per heavy atom. The van der Waals surface area contributed by atoms with Gasteiger partial charge in [-0.15, -0.1) is 0 Å². The predicted molar refractivity (Wildman–Crippen MR) is 137 cm³/mol. The van der Waals surface area contributed by atoms with Crippen molar-refractivity contribution in [2.45, 2.75) is 76.0 Å². The lowest BCUT2D eigenvalue weighted by atomic mass is 9.98. The quantitative estimate of drug-likeness (QED) is 0.276. The number of aliphatic hydroxyl groups excluding tert-OH is 1. The number of para-hydroxylation sites is 2. The summed E-state index contributed by atoms with van der Waals surface area (Å²) in [4.78, 5) is 62.2. The van der Waals surface area contributed by atoms with Gasteiger partial charge in [-0.05, 0) is 45.7 Å². The number of nitrogens with zero attached hydrogens (tertiary/aromatic N) is 2. The molecule has 0 amide bonds. The molecule has 0 radical (unpaired) electrons. The second kappa shape index (κ2) is 12.5. The van der Waals surface area contributed by atoms with E-state index in [0.29, 0.717) is 0 Å². The summed E-state index contributed by atoms with van der Waals surface area (Å²) in [5.74, 6) is -1.58. The number of aliphatic hydroxyl groups is 1. The van der Waals surface area contributed by atoms with Gasteiger partial charge in [0.05, 0.1) is 0 Å². The number of rotatable bonds is 11. The van der Waals surface area contributed by atoms with Gasteiger partial charge in [0.2, 0.25) is 5.75 Å². The number of aromatic amines is 1. The Hall–Kier alpha value is -3.65. The Morgan fingerprint density at radius 1 is 1.24 bits per heavy atom. The highest BCUT2D eigenvalue weighted by atomic mass is 31.1. The molecule has 1 aliphatic carbocycles. The van der Waals surface area contributed by atoms with Crippen molar-refractivity contribution in [1.29, 1.82) is 0 Å². The number of ether oxygens (including phenoxy) is 4. The van der Waals surface area contributed by atoms with Gasteiger partial charge >= 0.3 is 25.8 Å². The Morgan fingerprint density at radius 3 is 2.59 bits per heavy atom. The third-order valence-electron chi connectivity index (χ3n) is 6.29. The van der Waals surface area contributed by atoms with Crippen LogP contribution < -0.4 is 25.4 Å². The van der Waals surface area contributed by atoms with Crippen LogP contribution in [0.15, 0.2) is 50.9 Å². The van der Waals surface area contributed by atoms with E-state index in [2.05, 4.69) is 4.74 Å². The lowest BCUT2D eigenvalue weighted by Crippen LogP contribution is -2.43. The van der Waals surface area contributed by atoms with Crippen molar-refractivity contribution in [1.82, 2.24) is 9.55 Å². The maximum Gasteiger partial charge on any atom is 0.395 e. The van der Waals surface area contributed by atoms with Gasteiger partial charge in [-0.2, -0.15) is 0 Å². The number of aromatic nitrogens is 2. The Labute approximate surface area is 233 Å². The number of carbonyl (C=O) groups excluding carboxylic acids is 2. The average Bonchev–Trinajstić information content (AvgIpc) is 3.69. The van der Waals surface area contributed by atoms with Crippen LogP contribution in [0.3, 0.4) is 0 Å². The summed E-state index contributed by atoms with van der Waals surface area (Å²) in [6.45, 7) is 3.32. The first-order chi connectivity index (χ1) is 19.4. The van der Waals surface area contributed by atoms with Gasteiger partial charge in [-0.25, -0.2) is 18.8 Å². The molecule has 2 N–H and O–H groups in total. The highest BCUT2D eigenvalue weighted by molar-refractivity contribution is 7.34. The van der Waals surface area contributed by atoms with Gasteiger partial charge in [-0.1, -0.05) is 16.9 Å². The Bertz CT molecular complexity index is 1420. The number of halogens is 1. The summed E-state index contributed by atoms with van der Waals surface area (Å²) in [6.07, 6.45) is -3.24. The van der Waals surface area contributed by atoms with Crippen LogP contribution in [0.1, 0.15) is 39.8 Å². The first-order valence-electron chi connectivity index (χ1n) is 12.7. The van der Waals surface area contributed by atoms with E-state index in [4.69, 9.17) is 23.5 Å². The molecule has 2 heterocycles. The molecule has 41 heavy (non-hydrogen) atoms. The monoisotopic (exact) mass is 597 g/mol. The van der Waals surface area contributed by atoms with Gasteiger partial charge in [0.15, 0.2) is 29.8 Å². The molecule has 222 valence electrons. The molecular weight excluding hydrogens is 568 g/mol. The molecule has 2 aromatic rings. The predicted octanol–water partition coefficient (Wildman–Crippen LogP) is 0.863. The van der Waals surface area contributed by atoms with Crippen LogP contribution >= 0.6 is 8.17 Å². The lowest BCUT2D eigenvalue weighted by molar-refractivity contribution is -0.171. The number of esters is 2. The van der Waals surface area contributed by atoms with E-state index in [1.54, 1.807) is 12.1 Å². The minimum absolute atomic E-state index is 0.0387. The van der Waals surface area contributed by atoms with Crippen molar-refractivity contribution in [3.63, 3.8) is 0 Å². The Balaban J connectivity index is 1.37. The second-order valence-corrected chi connectivity index (χ2v) is 10.6. The zero-order chi connectivity index (χ0) is 29.9. The number of carbonyl (C=O) groups is 2. The van der Waals surface area contributed by atoms with Crippen LogP contribution in [0, 0.1) is 0 Å². The van der Waals surface area contributed by atoms with E-state index >= 15 is 4.39 Å². The van der Waals surface area contributed by atoms with E-state index in [1.807, 2.05) is 4.98 Å². The SMILES string of the molecule is C[C@H](N=[P+]([O-])Oc1ccccc1OC[C@H]1O[C@@H](n2ccc(=O)[nH]c2=O)[C@](C)(F)[C@@H]1O)C(=O)O[C@@H](C)C(=O)OC1CC1. The van der Waals surface area contributed by atoms with E-state index < -0.39 is 74.2 Å². The van der Waals surface area contributed by atoms with Crippen molar-refractivity contribution < 1.29 is 47.5 Å². The molecule has 16 heteroatoms. The maximum atomic E-state index is 15.4. The summed E-state index contributed by atoms with van der Waals surface area (Å²) in [7, 11) is -2.81. The van der Waals surface area contributed by atoms with Crippen LogP contribution in [-0.4, -0.2) is 69.3 Å². The zero-order valence-corrected chi connectivity index (χ0v) is 23.2. The van der Waals surface area contributed by atoms with Crippen LogP contribution in [0.25, 0.3) is 0 Å². The highest BCUT2D eigenvalue weighted by Gasteiger charge is 2.55. The number of benzene rings is 1. The normalized spacial score (nSPS) is 25.7. The highest BCUT2D eigenvalue weighted by Crippen LogP contribution is 2.41. The van der Waals surface area contributed by atoms with Crippen molar-refractivity contribution in [3.8, 4) is 11.5 Å². The first-order valence-corrected chi connectivity index (χ1v) is 13.8. The van der Waals surface area contributed by atoms with Gasteiger partial charge in [0, 0.05) is 12.3 Å². The summed E-state index contributed by atoms with van der Waals surface area (Å²) in [6, 6.07) is 5.76. The van der Waals surface area contributed by atoms with Crippen molar-refractivity contribution in [3.05, 3.63) is 57.4 Å². The van der Waals surface area contributed by atoms with Gasteiger partial charge in [0.1, 0.15) is 24.9 Å². The summed E-state index contributed by atoms with van der Waals surface area (Å²) in [5.41, 5.74) is -4.02. The summed E-state index contributed by atoms with van der Waals surface area (Å²) >= 11 is 0. The fraction of sp³-hybridized carbons (Fsp3) is 0.520. The first kappa shape index (κ1) is 30.3. The number of alkyl halides is 1. The largest absolute Gasteiger partial charge is 0.575 e. The van der Waals surface area contributed by atoms with Crippen LogP contribution in [0.5, 0.6) is 11.5 Å². The van der Waals surface area contributed by atoms with Crippen LogP contribution in [0.4, 0.5) is 4.39 Å². The summed E-state index contributed by atoms with van der Waals surface area (Å²) < 4.78 is 46.7. The number of hydrogen-bond donors (Lipinski definition) is 2. The molecule has 2 aliphatic rings. The van der Waals surface area contributed by atoms with Crippen LogP contribution in [-0.2, 0) is 23.8 Å². The fourth-order valence-electron chi connectivity index (χ4n) is 3.84. The molecule has 1 saturated carbocycles. The lowest BCUT2D eigenvalue weighted by Gasteiger charge is -2.24. The molecule has 1 aromatic heterocycles. The smallest absolute Gasteiger partial charge is 0.395 e. The molecule has 14 nitrogen and oxygen atoms in total. The molecule has 0 bridgehead atoms. The van der Waals surface area contributed by atoms with Gasteiger partial charge in [0.25, 0.3) is 5.56 Å². The van der Waals surface area contributed by atoms with E-state index in [-0.39, 0.29) is 17.6 Å². The molecule has 2 fully saturated rings. The van der Waals surface area contributed by atoms with E-state index in [9.17, 15) is 29.2 Å². The fourth-order valence-corrected chi connectivity index (χ4v) is 4.59. The molecule has 0 spiro atoms. The topological polar surface area (TPSA) is 191 Å². The average molecular weight is 597 g/mol. The molecule has 7 atom stereocenters. The van der Waals surface area contributed by atoms with Gasteiger partial charge < -0.3 is 28.9 Å². The molecule has 1 aromatic carbocycles. The minimum atomic E-state index is -2.81. The second-order valence-electron chi connectivity index (χ2n) is 9.73. The van der Waals surface area contributed by atoms with E-state index in [1.165, 1.54) is 26.0 Å². The molecule has 1 aliphatic heterocycles. The maximum absolute atomic E-state index is 15.4. The zero-order valence-electron chi connectivity index (χ0n) is 22.3. The number of hydrogen-bond acceptors (Lipinski definition) is 12. The summed E-state index contributed by atoms with van der Waals surface area (Å²) in [5, 5.41) is 10.5. The van der Waals surface area contributed by atoms with E-state index in [0.717, 1.165) is 36.6 Å². The third kappa shape index (κ3) is 7.36. The minimum Gasteiger partial charge on any atom is -0.575 e. The molecular formula is C25H29FN3O11P. The molecule has 1 unspecified atom stereocenters. The number of nitrogens with one attached hydrogen (secondary N) is 1. The van der Waals surface area contributed by atoms with Gasteiger partial charge in [-0.3, -0.25) is 18.9 Å². The van der Waals surface area contributed by atoms with Crippen LogP contribution in [0.2, 0.25) is 0 Å². The third-order valence-corrected chi connectivity index (χ3v) is 7.18. The molecule has 1 saturated heterocycles. The van der Waals surface area contributed by atoms with Crippen molar-refractivity contribution in [2.24, 2.45) is 4.74 Å².